The van der Waals surface area contributed by atoms with Gasteiger partial charge in [0.15, 0.2) is 0 Å². The Morgan fingerprint density at radius 3 is 2.67 bits per heavy atom. The van der Waals surface area contributed by atoms with Gasteiger partial charge in [0.05, 0.1) is 11.1 Å². The van der Waals surface area contributed by atoms with Crippen LogP contribution in [0.15, 0.2) is 41.3 Å². The van der Waals surface area contributed by atoms with Crippen LogP contribution in [0, 0.1) is 17.0 Å². The Bertz CT molecular complexity index is 649. The number of hydrogen-bond donors (Lipinski definition) is 2. The second-order valence-corrected chi connectivity index (χ2v) is 3.79. The van der Waals surface area contributed by atoms with E-state index in [1.807, 2.05) is 25.1 Å². The van der Waals surface area contributed by atoms with E-state index in [-0.39, 0.29) is 11.4 Å². The highest BCUT2D eigenvalue weighted by molar-refractivity contribution is 5.70. The molecule has 0 saturated carbocycles. The molecule has 2 N–H and O–H groups in total. The van der Waals surface area contributed by atoms with E-state index in [1.54, 1.807) is 6.07 Å². The third-order valence-electron chi connectivity index (χ3n) is 2.51. The molecule has 18 heavy (non-hydrogen) atoms. The molecule has 0 atom stereocenters. The number of anilines is 2. The van der Waals surface area contributed by atoms with Gasteiger partial charge in [-0.1, -0.05) is 18.2 Å². The van der Waals surface area contributed by atoms with Crippen LogP contribution in [0.4, 0.5) is 17.1 Å². The second kappa shape index (κ2) is 4.70. The second-order valence-electron chi connectivity index (χ2n) is 3.79. The van der Waals surface area contributed by atoms with Gasteiger partial charge in [-0.05, 0) is 18.6 Å². The van der Waals surface area contributed by atoms with Gasteiger partial charge in [0, 0.05) is 11.8 Å². The fourth-order valence-corrected chi connectivity index (χ4v) is 1.57. The predicted octanol–water partition coefficient (Wildman–Crippen LogP) is 2.34. The summed E-state index contributed by atoms with van der Waals surface area (Å²) in [6.07, 6.45) is 1.09. The number of aromatic nitrogens is 1. The average Bonchev–Trinajstić information content (AvgIpc) is 2.32. The van der Waals surface area contributed by atoms with Crippen LogP contribution < -0.4 is 10.9 Å². The zero-order chi connectivity index (χ0) is 13.1. The number of nitrogens with one attached hydrogen (secondary N) is 2. The summed E-state index contributed by atoms with van der Waals surface area (Å²) in [5.74, 6) is 0. The van der Waals surface area contributed by atoms with E-state index in [2.05, 4.69) is 10.3 Å². The molecule has 0 saturated heterocycles. The zero-order valence-corrected chi connectivity index (χ0v) is 9.64. The number of aryl methyl sites for hydroxylation is 1. The number of hydrogen-bond acceptors (Lipinski definition) is 4. The van der Waals surface area contributed by atoms with Gasteiger partial charge in [-0.25, -0.2) is 0 Å². The maximum Gasteiger partial charge on any atom is 0.308 e. The van der Waals surface area contributed by atoms with Gasteiger partial charge in [0.1, 0.15) is 5.69 Å². The van der Waals surface area contributed by atoms with Crippen molar-refractivity contribution in [2.24, 2.45) is 0 Å². The first kappa shape index (κ1) is 11.8. The highest BCUT2D eigenvalue weighted by atomic mass is 16.6. The van der Waals surface area contributed by atoms with Crippen LogP contribution in [-0.2, 0) is 0 Å². The first-order chi connectivity index (χ1) is 8.58. The van der Waals surface area contributed by atoms with Gasteiger partial charge in [0.2, 0.25) is 5.56 Å². The molecule has 0 amide bonds. The number of pyridine rings is 1. The monoisotopic (exact) mass is 245 g/mol. The van der Waals surface area contributed by atoms with Gasteiger partial charge in [-0.15, -0.1) is 0 Å². The standard InChI is InChI=1S/C12H11N3O3/c1-8-4-2-3-5-9(8)14-10-6-12(16)13-7-11(10)15(17)18/h2-7H,1H3,(H2,13,14,16). The van der Waals surface area contributed by atoms with Crippen molar-refractivity contribution in [3.63, 3.8) is 0 Å². The molecule has 2 rings (SSSR count). The number of nitrogens with zero attached hydrogens (tertiary/aromatic N) is 1. The Morgan fingerprint density at radius 2 is 2.00 bits per heavy atom. The lowest BCUT2D eigenvalue weighted by molar-refractivity contribution is -0.384. The summed E-state index contributed by atoms with van der Waals surface area (Å²) in [6, 6.07) is 8.52. The Hall–Kier alpha value is -2.63. The van der Waals surface area contributed by atoms with Gasteiger partial charge < -0.3 is 10.3 Å². The largest absolute Gasteiger partial charge is 0.349 e. The highest BCUT2D eigenvalue weighted by Gasteiger charge is 2.14. The molecule has 0 aliphatic rings. The van der Waals surface area contributed by atoms with Gasteiger partial charge in [0.25, 0.3) is 0 Å². The van der Waals surface area contributed by atoms with E-state index in [0.29, 0.717) is 0 Å². The lowest BCUT2D eigenvalue weighted by Crippen LogP contribution is -2.08. The molecule has 1 heterocycles. The van der Waals surface area contributed by atoms with Gasteiger partial charge in [-0.3, -0.25) is 14.9 Å². The molecule has 0 radical (unpaired) electrons. The fourth-order valence-electron chi connectivity index (χ4n) is 1.57. The van der Waals surface area contributed by atoms with Crippen molar-refractivity contribution in [3.8, 4) is 0 Å². The summed E-state index contributed by atoms with van der Waals surface area (Å²) in [5.41, 5.74) is 1.28. The summed E-state index contributed by atoms with van der Waals surface area (Å²) in [4.78, 5) is 23.8. The topological polar surface area (TPSA) is 88.0 Å². The molecule has 6 heteroatoms. The molecule has 0 bridgehead atoms. The summed E-state index contributed by atoms with van der Waals surface area (Å²) in [7, 11) is 0. The molecule has 0 unspecified atom stereocenters. The molecule has 1 aromatic heterocycles. The number of aromatic amines is 1. The highest BCUT2D eigenvalue weighted by Crippen LogP contribution is 2.26. The van der Waals surface area contributed by atoms with Crippen molar-refractivity contribution >= 4 is 17.1 Å². The molecular weight excluding hydrogens is 234 g/mol. The van der Waals surface area contributed by atoms with Crippen LogP contribution in [-0.4, -0.2) is 9.91 Å². The Labute approximate surface area is 102 Å². The van der Waals surface area contributed by atoms with Crippen LogP contribution in [0.3, 0.4) is 0 Å². The molecule has 6 nitrogen and oxygen atoms in total. The summed E-state index contributed by atoms with van der Waals surface area (Å²) in [5, 5.41) is 13.8. The lowest BCUT2D eigenvalue weighted by atomic mass is 10.2. The number of nitro groups is 1. The minimum Gasteiger partial charge on any atom is -0.349 e. The number of rotatable bonds is 3. The Morgan fingerprint density at radius 1 is 1.28 bits per heavy atom. The SMILES string of the molecule is Cc1ccccc1Nc1cc(=O)[nH]cc1[N+](=O)[O-]. The van der Waals surface area contributed by atoms with E-state index in [9.17, 15) is 14.9 Å². The van der Waals surface area contributed by atoms with E-state index >= 15 is 0 Å². The molecule has 0 spiro atoms. The van der Waals surface area contributed by atoms with Crippen LogP contribution in [0.1, 0.15) is 5.56 Å². The van der Waals surface area contributed by atoms with E-state index in [0.717, 1.165) is 17.4 Å². The minimum atomic E-state index is -0.545. The maximum atomic E-state index is 11.2. The third kappa shape index (κ3) is 2.37. The lowest BCUT2D eigenvalue weighted by Gasteiger charge is -2.08. The summed E-state index contributed by atoms with van der Waals surface area (Å²) in [6.45, 7) is 1.88. The quantitative estimate of drug-likeness (QED) is 0.641. The van der Waals surface area contributed by atoms with Gasteiger partial charge >= 0.3 is 5.69 Å². The molecule has 92 valence electrons. The molecular formula is C12H11N3O3. The average molecular weight is 245 g/mol. The molecule has 0 aliphatic carbocycles. The summed E-state index contributed by atoms with van der Waals surface area (Å²) < 4.78 is 0. The summed E-state index contributed by atoms with van der Waals surface area (Å²) >= 11 is 0. The van der Waals surface area contributed by atoms with Crippen molar-refractivity contribution in [3.05, 3.63) is 62.6 Å². The van der Waals surface area contributed by atoms with Crippen LogP contribution in [0.5, 0.6) is 0 Å². The van der Waals surface area contributed by atoms with Crippen LogP contribution >= 0.6 is 0 Å². The Kier molecular flexibility index (Phi) is 3.09. The van der Waals surface area contributed by atoms with Gasteiger partial charge in [-0.2, -0.15) is 0 Å². The van der Waals surface area contributed by atoms with E-state index in [4.69, 9.17) is 0 Å². The van der Waals surface area contributed by atoms with E-state index < -0.39 is 10.5 Å². The molecule has 1 aromatic carbocycles. The van der Waals surface area contributed by atoms with Crippen molar-refractivity contribution in [1.82, 2.24) is 4.98 Å². The van der Waals surface area contributed by atoms with Crippen LogP contribution in [0.2, 0.25) is 0 Å². The van der Waals surface area contributed by atoms with Crippen molar-refractivity contribution in [2.75, 3.05) is 5.32 Å². The first-order valence-electron chi connectivity index (χ1n) is 5.27. The zero-order valence-electron chi connectivity index (χ0n) is 9.64. The number of H-pyrrole nitrogens is 1. The fraction of sp³-hybridized carbons (Fsp3) is 0.0833. The minimum absolute atomic E-state index is 0.169. The molecule has 0 aliphatic heterocycles. The van der Waals surface area contributed by atoms with Crippen LogP contribution in [0.25, 0.3) is 0 Å². The third-order valence-corrected chi connectivity index (χ3v) is 2.51. The number of benzene rings is 1. The predicted molar refractivity (Wildman–Crippen MR) is 68.2 cm³/mol. The molecule has 2 aromatic rings. The van der Waals surface area contributed by atoms with Crippen molar-refractivity contribution in [2.45, 2.75) is 6.92 Å². The smallest absolute Gasteiger partial charge is 0.308 e. The van der Waals surface area contributed by atoms with Crippen molar-refractivity contribution < 1.29 is 4.92 Å². The van der Waals surface area contributed by atoms with E-state index in [1.165, 1.54) is 6.07 Å². The number of para-hydroxylation sites is 1. The normalized spacial score (nSPS) is 10.1. The van der Waals surface area contributed by atoms with Crippen molar-refractivity contribution in [1.29, 1.82) is 0 Å². The maximum absolute atomic E-state index is 11.2. The molecule has 0 fully saturated rings. The first-order valence-corrected chi connectivity index (χ1v) is 5.27. The Balaban J connectivity index is 2.46.